The molecule has 0 aliphatic rings. The number of thiophene rings is 1. The number of carbonyl (C=O) groups is 2. The van der Waals surface area contributed by atoms with Crippen molar-refractivity contribution >= 4 is 29.0 Å². The van der Waals surface area contributed by atoms with Crippen molar-refractivity contribution in [3.05, 3.63) is 81.8 Å². The number of hydrogen-bond acceptors (Lipinski definition) is 4. The lowest BCUT2D eigenvalue weighted by Gasteiger charge is -2.29. The SMILES string of the molecule is COc1ccc(NC(=O)N(CC(=O)N(Cc2ccc(F)cc2)Cc2sccc2C)CC(C)C)cc1. The molecule has 6 nitrogen and oxygen atoms in total. The molecule has 0 unspecified atom stereocenters. The highest BCUT2D eigenvalue weighted by Crippen LogP contribution is 2.20. The number of carbonyl (C=O) groups excluding carboxylic acids is 2. The van der Waals surface area contributed by atoms with E-state index >= 15 is 0 Å². The Hall–Kier alpha value is -3.39. The Bertz CT molecular complexity index is 1110. The normalized spacial score (nSPS) is 10.8. The van der Waals surface area contributed by atoms with Crippen LogP contribution in [0.25, 0.3) is 0 Å². The lowest BCUT2D eigenvalue weighted by Crippen LogP contribution is -2.45. The number of nitrogens with one attached hydrogen (secondary N) is 1. The fraction of sp³-hybridized carbons (Fsp3) is 0.333. The van der Waals surface area contributed by atoms with E-state index in [0.29, 0.717) is 31.1 Å². The smallest absolute Gasteiger partial charge is 0.322 e. The summed E-state index contributed by atoms with van der Waals surface area (Å²) in [6.45, 7) is 7.13. The van der Waals surface area contributed by atoms with Crippen LogP contribution in [0.1, 0.15) is 29.9 Å². The van der Waals surface area contributed by atoms with Gasteiger partial charge in [-0.1, -0.05) is 26.0 Å². The molecule has 0 spiro atoms. The van der Waals surface area contributed by atoms with Crippen molar-refractivity contribution in [2.75, 3.05) is 25.5 Å². The van der Waals surface area contributed by atoms with E-state index in [0.717, 1.165) is 16.0 Å². The molecule has 1 aromatic heterocycles. The number of halogens is 1. The van der Waals surface area contributed by atoms with Gasteiger partial charge in [-0.15, -0.1) is 11.3 Å². The number of methoxy groups -OCH3 is 1. The average Bonchev–Trinajstić information content (AvgIpc) is 3.24. The van der Waals surface area contributed by atoms with Gasteiger partial charge in [-0.3, -0.25) is 4.79 Å². The highest BCUT2D eigenvalue weighted by Gasteiger charge is 2.23. The van der Waals surface area contributed by atoms with E-state index in [1.807, 2.05) is 32.2 Å². The molecule has 3 rings (SSSR count). The van der Waals surface area contributed by atoms with Crippen LogP contribution >= 0.6 is 11.3 Å². The van der Waals surface area contributed by atoms with Gasteiger partial charge < -0.3 is 19.9 Å². The van der Waals surface area contributed by atoms with Gasteiger partial charge in [-0.2, -0.15) is 0 Å². The molecule has 0 saturated carbocycles. The van der Waals surface area contributed by atoms with Gasteiger partial charge in [-0.25, -0.2) is 9.18 Å². The number of amides is 3. The third-order valence-electron chi connectivity index (χ3n) is 5.48. The Balaban J connectivity index is 1.77. The summed E-state index contributed by atoms with van der Waals surface area (Å²) in [5, 5.41) is 4.87. The summed E-state index contributed by atoms with van der Waals surface area (Å²) in [6, 6.07) is 14.9. The molecule has 0 radical (unpaired) electrons. The molecule has 0 aliphatic carbocycles. The van der Waals surface area contributed by atoms with Gasteiger partial charge in [0, 0.05) is 23.7 Å². The summed E-state index contributed by atoms with van der Waals surface area (Å²) < 4.78 is 18.6. The van der Waals surface area contributed by atoms with Crippen LogP contribution in [0, 0.1) is 18.7 Å². The van der Waals surface area contributed by atoms with Crippen molar-refractivity contribution < 1.29 is 18.7 Å². The number of hydrogen-bond donors (Lipinski definition) is 1. The first-order valence-corrected chi connectivity index (χ1v) is 12.4. The molecular weight excluding hydrogens is 465 g/mol. The maximum Gasteiger partial charge on any atom is 0.322 e. The van der Waals surface area contributed by atoms with Crippen molar-refractivity contribution in [1.29, 1.82) is 0 Å². The third kappa shape index (κ3) is 7.82. The standard InChI is InChI=1S/C27H32FN3O3S/c1-19(2)15-31(27(33)29-23-9-11-24(34-4)12-10-23)18-26(32)30(17-25-20(3)13-14-35-25)16-21-5-7-22(28)8-6-21/h5-14,19H,15-18H2,1-4H3,(H,29,33). The van der Waals surface area contributed by atoms with Crippen LogP contribution in [0.15, 0.2) is 60.0 Å². The topological polar surface area (TPSA) is 61.9 Å². The molecule has 0 aliphatic heterocycles. The van der Waals surface area contributed by atoms with Gasteiger partial charge in [-0.05, 0) is 71.8 Å². The molecule has 0 bridgehead atoms. The Labute approximate surface area is 210 Å². The van der Waals surface area contributed by atoms with E-state index in [-0.39, 0.29) is 30.2 Å². The number of rotatable bonds is 10. The largest absolute Gasteiger partial charge is 0.497 e. The minimum Gasteiger partial charge on any atom is -0.497 e. The molecule has 2 aromatic carbocycles. The van der Waals surface area contributed by atoms with Crippen LogP contribution in [-0.2, 0) is 17.9 Å². The summed E-state index contributed by atoms with van der Waals surface area (Å²) in [7, 11) is 1.58. The van der Waals surface area contributed by atoms with E-state index in [1.165, 1.54) is 17.0 Å². The maximum atomic E-state index is 13.5. The number of urea groups is 1. The van der Waals surface area contributed by atoms with Crippen molar-refractivity contribution in [3.8, 4) is 5.75 Å². The summed E-state index contributed by atoms with van der Waals surface area (Å²) in [6.07, 6.45) is 0. The first-order valence-electron chi connectivity index (χ1n) is 11.5. The second-order valence-corrected chi connectivity index (χ2v) is 9.84. The predicted octanol–water partition coefficient (Wildman–Crippen LogP) is 5.92. The summed E-state index contributed by atoms with van der Waals surface area (Å²) in [5.74, 6) is 0.374. The van der Waals surface area contributed by atoms with Crippen molar-refractivity contribution in [3.63, 3.8) is 0 Å². The highest BCUT2D eigenvalue weighted by atomic mass is 32.1. The second-order valence-electron chi connectivity index (χ2n) is 8.84. The van der Waals surface area contributed by atoms with Crippen LogP contribution in [0.3, 0.4) is 0 Å². The Kier molecular flexibility index (Phi) is 9.25. The zero-order valence-electron chi connectivity index (χ0n) is 20.6. The van der Waals surface area contributed by atoms with Crippen LogP contribution < -0.4 is 10.1 Å². The van der Waals surface area contributed by atoms with Crippen molar-refractivity contribution in [2.45, 2.75) is 33.9 Å². The quantitative estimate of drug-likeness (QED) is 0.378. The van der Waals surface area contributed by atoms with Gasteiger partial charge in [0.15, 0.2) is 0 Å². The first-order chi connectivity index (χ1) is 16.7. The number of ether oxygens (including phenoxy) is 1. The molecule has 0 atom stereocenters. The van der Waals surface area contributed by atoms with Gasteiger partial charge in [0.1, 0.15) is 18.1 Å². The van der Waals surface area contributed by atoms with Crippen molar-refractivity contribution in [1.82, 2.24) is 9.80 Å². The zero-order valence-corrected chi connectivity index (χ0v) is 21.4. The summed E-state index contributed by atoms with van der Waals surface area (Å²) >= 11 is 1.59. The van der Waals surface area contributed by atoms with E-state index in [2.05, 4.69) is 5.32 Å². The van der Waals surface area contributed by atoms with Crippen LogP contribution in [0.5, 0.6) is 5.75 Å². The monoisotopic (exact) mass is 497 g/mol. The van der Waals surface area contributed by atoms with E-state index < -0.39 is 0 Å². The number of anilines is 1. The predicted molar refractivity (Wildman–Crippen MR) is 138 cm³/mol. The minimum absolute atomic E-state index is 0.0637. The van der Waals surface area contributed by atoms with Crippen LogP contribution in [-0.4, -0.2) is 41.9 Å². The first kappa shape index (κ1) is 26.2. The molecule has 1 heterocycles. The van der Waals surface area contributed by atoms with Crippen molar-refractivity contribution in [2.24, 2.45) is 5.92 Å². The van der Waals surface area contributed by atoms with Gasteiger partial charge in [0.05, 0.1) is 13.7 Å². The molecule has 0 fully saturated rings. The summed E-state index contributed by atoms with van der Waals surface area (Å²) in [4.78, 5) is 30.9. The maximum absolute atomic E-state index is 13.5. The van der Waals surface area contributed by atoms with E-state index in [9.17, 15) is 14.0 Å². The average molecular weight is 498 g/mol. The lowest BCUT2D eigenvalue weighted by atomic mass is 10.2. The number of nitrogens with zero attached hydrogens (tertiary/aromatic N) is 2. The molecule has 0 saturated heterocycles. The molecule has 35 heavy (non-hydrogen) atoms. The van der Waals surface area contributed by atoms with E-state index in [4.69, 9.17) is 4.74 Å². The third-order valence-corrected chi connectivity index (χ3v) is 6.49. The van der Waals surface area contributed by atoms with Crippen LogP contribution in [0.4, 0.5) is 14.9 Å². The fourth-order valence-electron chi connectivity index (χ4n) is 3.58. The molecule has 1 N–H and O–H groups in total. The molecule has 3 aromatic rings. The molecular formula is C27H32FN3O3S. The number of benzene rings is 2. The fourth-order valence-corrected chi connectivity index (χ4v) is 4.50. The van der Waals surface area contributed by atoms with Gasteiger partial charge in [0.25, 0.3) is 0 Å². The number of aryl methyl sites for hydroxylation is 1. The van der Waals surface area contributed by atoms with Crippen LogP contribution in [0.2, 0.25) is 0 Å². The van der Waals surface area contributed by atoms with Gasteiger partial charge in [0.2, 0.25) is 5.91 Å². The second kappa shape index (κ2) is 12.4. The van der Waals surface area contributed by atoms with Gasteiger partial charge >= 0.3 is 6.03 Å². The Morgan fingerprint density at radius 3 is 2.26 bits per heavy atom. The van der Waals surface area contributed by atoms with E-state index in [1.54, 1.807) is 59.7 Å². The Morgan fingerprint density at radius 2 is 1.69 bits per heavy atom. The highest BCUT2D eigenvalue weighted by molar-refractivity contribution is 7.10. The minimum atomic E-state index is -0.341. The molecule has 8 heteroatoms. The molecule has 3 amide bonds. The molecule has 186 valence electrons. The lowest BCUT2D eigenvalue weighted by molar-refractivity contribution is -0.133. The summed E-state index contributed by atoms with van der Waals surface area (Å²) in [5.41, 5.74) is 2.56. The zero-order chi connectivity index (χ0) is 25.4. The Morgan fingerprint density at radius 1 is 1.00 bits per heavy atom.